The first-order valence-electron chi connectivity index (χ1n) is 9.65. The summed E-state index contributed by atoms with van der Waals surface area (Å²) in [7, 11) is 0. The topological polar surface area (TPSA) is 25.8 Å². The van der Waals surface area contributed by atoms with Crippen LogP contribution in [-0.2, 0) is 0 Å². The van der Waals surface area contributed by atoms with Crippen LogP contribution in [0.15, 0.2) is 108 Å². The van der Waals surface area contributed by atoms with Crippen molar-refractivity contribution in [2.75, 3.05) is 0 Å². The molecule has 0 N–H and O–H groups in total. The number of aromatic nitrogens is 2. The maximum absolute atomic E-state index is 4.41. The highest BCUT2D eigenvalue weighted by atomic mass is 32.1. The first-order valence-corrected chi connectivity index (χ1v) is 11.4. The second-order valence-corrected chi connectivity index (χ2v) is 8.54. The lowest BCUT2D eigenvalue weighted by atomic mass is 10.1. The minimum atomic E-state index is 1.08. The zero-order valence-electron chi connectivity index (χ0n) is 16.1. The second kappa shape index (κ2) is 8.57. The van der Waals surface area contributed by atoms with Gasteiger partial charge in [0.15, 0.2) is 0 Å². The van der Waals surface area contributed by atoms with E-state index in [4.69, 9.17) is 0 Å². The Bertz CT molecular complexity index is 1390. The third-order valence-corrected chi connectivity index (χ3v) is 6.49. The predicted molar refractivity (Wildman–Crippen MR) is 130 cm³/mol. The van der Waals surface area contributed by atoms with Crippen molar-refractivity contribution in [3.8, 4) is 22.3 Å². The third-order valence-electron chi connectivity index (χ3n) is 4.88. The molecule has 6 aromatic rings. The number of benzene rings is 4. The number of rotatable bonds is 2. The minimum absolute atomic E-state index is 1.08. The summed E-state index contributed by atoms with van der Waals surface area (Å²) in [4.78, 5) is 8.74. The van der Waals surface area contributed by atoms with Crippen molar-refractivity contribution in [2.24, 2.45) is 0 Å². The Hall–Kier alpha value is -3.34. The van der Waals surface area contributed by atoms with E-state index in [-0.39, 0.29) is 0 Å². The van der Waals surface area contributed by atoms with Crippen LogP contribution in [0.5, 0.6) is 0 Å². The van der Waals surface area contributed by atoms with Crippen molar-refractivity contribution in [3.63, 3.8) is 0 Å². The molecule has 6 rings (SSSR count). The fourth-order valence-corrected chi connectivity index (χ4v) is 4.77. The number of thiazole rings is 2. The molecule has 144 valence electrons. The molecule has 0 aliphatic heterocycles. The highest BCUT2D eigenvalue weighted by Crippen LogP contribution is 2.29. The third kappa shape index (κ3) is 3.88. The van der Waals surface area contributed by atoms with Gasteiger partial charge in [0.25, 0.3) is 0 Å². The monoisotopic (exact) mass is 422 g/mol. The van der Waals surface area contributed by atoms with E-state index < -0.39 is 0 Å². The quantitative estimate of drug-likeness (QED) is 0.283. The summed E-state index contributed by atoms with van der Waals surface area (Å²) in [5, 5.41) is 0. The van der Waals surface area contributed by atoms with Crippen molar-refractivity contribution >= 4 is 43.1 Å². The Labute approximate surface area is 183 Å². The molecule has 0 amide bonds. The summed E-state index contributed by atoms with van der Waals surface area (Å²) in [6, 6.07) is 33.5. The average molecular weight is 423 g/mol. The lowest BCUT2D eigenvalue weighted by Crippen LogP contribution is -1.78. The SMILES string of the molecule is c1ccc(-c2ccc3scnc3c2)cc1.c1ccc(-c2cccc3scnc23)cc1. The van der Waals surface area contributed by atoms with Crippen molar-refractivity contribution < 1.29 is 0 Å². The smallest absolute Gasteiger partial charge is 0.0890 e. The van der Waals surface area contributed by atoms with E-state index >= 15 is 0 Å². The van der Waals surface area contributed by atoms with E-state index in [2.05, 4.69) is 94.9 Å². The summed E-state index contributed by atoms with van der Waals surface area (Å²) >= 11 is 3.37. The zero-order chi connectivity index (χ0) is 20.2. The van der Waals surface area contributed by atoms with E-state index in [1.165, 1.54) is 31.7 Å². The molecule has 0 radical (unpaired) electrons. The fraction of sp³-hybridized carbons (Fsp3) is 0. The van der Waals surface area contributed by atoms with Crippen molar-refractivity contribution in [1.29, 1.82) is 0 Å². The highest BCUT2D eigenvalue weighted by molar-refractivity contribution is 7.17. The Morgan fingerprint density at radius 3 is 2.00 bits per heavy atom. The number of hydrogen-bond acceptors (Lipinski definition) is 4. The summed E-state index contributed by atoms with van der Waals surface area (Å²) < 4.78 is 2.49. The molecule has 2 nitrogen and oxygen atoms in total. The predicted octanol–water partition coefficient (Wildman–Crippen LogP) is 7.93. The van der Waals surface area contributed by atoms with Gasteiger partial charge in [0, 0.05) is 5.56 Å². The van der Waals surface area contributed by atoms with Crippen LogP contribution in [0.2, 0.25) is 0 Å². The van der Waals surface area contributed by atoms with E-state index in [0.717, 1.165) is 11.0 Å². The molecule has 2 aromatic heterocycles. The van der Waals surface area contributed by atoms with Gasteiger partial charge in [-0.3, -0.25) is 0 Å². The van der Waals surface area contributed by atoms with Gasteiger partial charge in [-0.25, -0.2) is 9.97 Å². The van der Waals surface area contributed by atoms with Crippen molar-refractivity contribution in [2.45, 2.75) is 0 Å². The average Bonchev–Trinajstić information content (AvgIpc) is 3.49. The van der Waals surface area contributed by atoms with Crippen LogP contribution in [-0.4, -0.2) is 9.97 Å². The second-order valence-electron chi connectivity index (χ2n) is 6.77. The van der Waals surface area contributed by atoms with Gasteiger partial charge in [-0.2, -0.15) is 0 Å². The maximum atomic E-state index is 4.41. The molecule has 0 fully saturated rings. The van der Waals surface area contributed by atoms with Gasteiger partial charge >= 0.3 is 0 Å². The summed E-state index contributed by atoms with van der Waals surface area (Å²) in [6.45, 7) is 0. The van der Waals surface area contributed by atoms with Gasteiger partial charge in [0.05, 0.1) is 31.5 Å². The van der Waals surface area contributed by atoms with Crippen molar-refractivity contribution in [3.05, 3.63) is 108 Å². The molecule has 0 atom stereocenters. The van der Waals surface area contributed by atoms with E-state index in [1.807, 2.05) is 23.2 Å². The molecule has 0 saturated heterocycles. The molecular formula is C26H18N2S2. The van der Waals surface area contributed by atoms with Gasteiger partial charge < -0.3 is 0 Å². The summed E-state index contributed by atoms with van der Waals surface area (Å²) in [5.74, 6) is 0. The lowest BCUT2D eigenvalue weighted by molar-refractivity contribution is 1.49. The van der Waals surface area contributed by atoms with Gasteiger partial charge in [0.2, 0.25) is 0 Å². The van der Waals surface area contributed by atoms with Gasteiger partial charge in [-0.15, -0.1) is 22.7 Å². The zero-order valence-corrected chi connectivity index (χ0v) is 17.7. The maximum Gasteiger partial charge on any atom is 0.0890 e. The molecular weight excluding hydrogens is 404 g/mol. The molecule has 4 heteroatoms. The van der Waals surface area contributed by atoms with E-state index in [9.17, 15) is 0 Å². The Kier molecular flexibility index (Phi) is 5.34. The first kappa shape index (κ1) is 18.7. The molecule has 0 aliphatic rings. The van der Waals surface area contributed by atoms with Gasteiger partial charge in [0.1, 0.15) is 0 Å². The molecule has 0 bridgehead atoms. The number of nitrogens with zero attached hydrogens (tertiary/aromatic N) is 2. The Balaban J connectivity index is 0.000000128. The van der Waals surface area contributed by atoms with Crippen LogP contribution in [0.3, 0.4) is 0 Å². The highest BCUT2D eigenvalue weighted by Gasteiger charge is 2.04. The van der Waals surface area contributed by atoms with E-state index in [0.29, 0.717) is 0 Å². The molecule has 0 spiro atoms. The first-order chi connectivity index (χ1) is 14.9. The number of hydrogen-bond donors (Lipinski definition) is 0. The van der Waals surface area contributed by atoms with Crippen LogP contribution >= 0.6 is 22.7 Å². The number of para-hydroxylation sites is 1. The Morgan fingerprint density at radius 2 is 1.20 bits per heavy atom. The van der Waals surface area contributed by atoms with Crippen LogP contribution < -0.4 is 0 Å². The molecule has 0 unspecified atom stereocenters. The molecule has 0 saturated carbocycles. The lowest BCUT2D eigenvalue weighted by Gasteiger charge is -2.01. The van der Waals surface area contributed by atoms with Gasteiger partial charge in [-0.1, -0.05) is 78.9 Å². The van der Waals surface area contributed by atoms with Crippen LogP contribution in [0.25, 0.3) is 42.7 Å². The summed E-state index contributed by atoms with van der Waals surface area (Å²) in [5.41, 5.74) is 10.9. The molecule has 2 heterocycles. The minimum Gasteiger partial charge on any atom is -0.245 e. The Morgan fingerprint density at radius 1 is 0.500 bits per heavy atom. The normalized spacial score (nSPS) is 10.7. The molecule has 0 aliphatic carbocycles. The molecule has 4 aromatic carbocycles. The fourth-order valence-electron chi connectivity index (χ4n) is 3.41. The molecule has 30 heavy (non-hydrogen) atoms. The van der Waals surface area contributed by atoms with E-state index in [1.54, 1.807) is 22.7 Å². The van der Waals surface area contributed by atoms with Gasteiger partial charge in [-0.05, 0) is 34.9 Å². The van der Waals surface area contributed by atoms with Crippen LogP contribution in [0.4, 0.5) is 0 Å². The summed E-state index contributed by atoms with van der Waals surface area (Å²) in [6.07, 6.45) is 0. The van der Waals surface area contributed by atoms with Crippen LogP contribution in [0.1, 0.15) is 0 Å². The van der Waals surface area contributed by atoms with Crippen molar-refractivity contribution in [1.82, 2.24) is 9.97 Å². The number of fused-ring (bicyclic) bond motifs is 2. The standard InChI is InChI=1S/2C13H9NS/c1-2-5-10(6-3-1)11-7-4-8-12-13(11)14-9-15-12;1-2-4-10(5-3-1)11-6-7-13-12(8-11)14-9-15-13/h2*1-9H. The van der Waals surface area contributed by atoms with Crippen LogP contribution in [0, 0.1) is 0 Å². The largest absolute Gasteiger partial charge is 0.245 e.